The molecule has 4 atom stereocenters. The molecule has 1 aromatic rings. The van der Waals surface area contributed by atoms with E-state index >= 15 is 0 Å². The standard InChI is InChI=1S/C19H23ClN2O3/c1-11(9-16(23)24)21-5-7-22(8-6-21)19(25)18-14-10-13-12(17(14)18)3-2-4-15(13)20/h2-4,11,14,17-18H,5-10H2,1H3,(H,23,24). The Morgan fingerprint density at radius 3 is 2.68 bits per heavy atom. The van der Waals surface area contributed by atoms with Crippen molar-refractivity contribution in [3.8, 4) is 0 Å². The average Bonchev–Trinajstić information content (AvgIpc) is 3.16. The van der Waals surface area contributed by atoms with Crippen LogP contribution in [-0.4, -0.2) is 59.0 Å². The van der Waals surface area contributed by atoms with E-state index in [1.54, 1.807) is 0 Å². The summed E-state index contributed by atoms with van der Waals surface area (Å²) in [7, 11) is 0. The molecule has 1 N–H and O–H groups in total. The van der Waals surface area contributed by atoms with Gasteiger partial charge in [0.2, 0.25) is 5.91 Å². The lowest BCUT2D eigenvalue weighted by Crippen LogP contribution is -2.52. The first kappa shape index (κ1) is 16.9. The maximum atomic E-state index is 12.9. The Hall–Kier alpha value is -1.59. The van der Waals surface area contributed by atoms with Gasteiger partial charge in [-0.05, 0) is 36.5 Å². The summed E-state index contributed by atoms with van der Waals surface area (Å²) in [6, 6.07) is 6.04. The van der Waals surface area contributed by atoms with Gasteiger partial charge in [-0.3, -0.25) is 14.5 Å². The molecule has 4 unspecified atom stereocenters. The maximum absolute atomic E-state index is 12.9. The molecule has 4 rings (SSSR count). The minimum atomic E-state index is -0.769. The van der Waals surface area contributed by atoms with Gasteiger partial charge in [0.15, 0.2) is 0 Å². The first-order chi connectivity index (χ1) is 12.0. The van der Waals surface area contributed by atoms with Crippen molar-refractivity contribution in [1.29, 1.82) is 0 Å². The van der Waals surface area contributed by atoms with Gasteiger partial charge in [0.25, 0.3) is 0 Å². The van der Waals surface area contributed by atoms with Crippen molar-refractivity contribution in [2.75, 3.05) is 26.2 Å². The predicted molar refractivity (Wildman–Crippen MR) is 94.7 cm³/mol. The van der Waals surface area contributed by atoms with Gasteiger partial charge < -0.3 is 10.0 Å². The number of halogens is 1. The fraction of sp³-hybridized carbons (Fsp3) is 0.579. The molecule has 0 bridgehead atoms. The van der Waals surface area contributed by atoms with E-state index in [4.69, 9.17) is 16.7 Å². The van der Waals surface area contributed by atoms with Crippen LogP contribution in [0.2, 0.25) is 5.02 Å². The van der Waals surface area contributed by atoms with Crippen molar-refractivity contribution < 1.29 is 14.7 Å². The van der Waals surface area contributed by atoms with Crippen molar-refractivity contribution in [3.05, 3.63) is 34.3 Å². The summed E-state index contributed by atoms with van der Waals surface area (Å²) in [5, 5.41) is 9.76. The van der Waals surface area contributed by atoms with Crippen molar-refractivity contribution in [3.63, 3.8) is 0 Å². The third kappa shape index (κ3) is 2.93. The van der Waals surface area contributed by atoms with Gasteiger partial charge in [-0.25, -0.2) is 0 Å². The van der Waals surface area contributed by atoms with E-state index in [2.05, 4.69) is 11.0 Å². The Morgan fingerprint density at radius 1 is 1.28 bits per heavy atom. The lowest BCUT2D eigenvalue weighted by atomic mass is 10.0. The normalized spacial score (nSPS) is 29.0. The topological polar surface area (TPSA) is 60.9 Å². The van der Waals surface area contributed by atoms with Gasteiger partial charge in [-0.2, -0.15) is 0 Å². The fourth-order valence-corrected chi connectivity index (χ4v) is 4.96. The van der Waals surface area contributed by atoms with E-state index in [-0.39, 0.29) is 24.3 Å². The third-order valence-corrected chi connectivity index (χ3v) is 6.48. The fourth-order valence-electron chi connectivity index (χ4n) is 4.70. The molecule has 1 aliphatic heterocycles. The lowest BCUT2D eigenvalue weighted by molar-refractivity contribution is -0.140. The molecule has 2 fully saturated rings. The van der Waals surface area contributed by atoms with Crippen LogP contribution in [-0.2, 0) is 16.0 Å². The molecule has 2 aliphatic carbocycles. The predicted octanol–water partition coefficient (Wildman–Crippen LogP) is 2.23. The molecule has 1 saturated heterocycles. The number of carbonyl (C=O) groups excluding carboxylic acids is 1. The highest BCUT2D eigenvalue weighted by atomic mass is 35.5. The number of rotatable bonds is 4. The highest BCUT2D eigenvalue weighted by molar-refractivity contribution is 6.31. The molecular weight excluding hydrogens is 340 g/mol. The van der Waals surface area contributed by atoms with Gasteiger partial charge in [-0.1, -0.05) is 23.7 Å². The largest absolute Gasteiger partial charge is 0.481 e. The Labute approximate surface area is 152 Å². The zero-order valence-corrected chi connectivity index (χ0v) is 15.1. The molecule has 5 nitrogen and oxygen atoms in total. The van der Waals surface area contributed by atoms with Crippen molar-refractivity contribution >= 4 is 23.5 Å². The first-order valence-corrected chi connectivity index (χ1v) is 9.37. The van der Waals surface area contributed by atoms with Crippen molar-refractivity contribution in [1.82, 2.24) is 9.80 Å². The first-order valence-electron chi connectivity index (χ1n) is 8.99. The number of amides is 1. The molecule has 0 radical (unpaired) electrons. The van der Waals surface area contributed by atoms with Crippen molar-refractivity contribution in [2.24, 2.45) is 11.8 Å². The Morgan fingerprint density at radius 2 is 2.00 bits per heavy atom. The van der Waals surface area contributed by atoms with E-state index in [0.29, 0.717) is 24.9 Å². The quantitative estimate of drug-likeness (QED) is 0.892. The number of hydrogen-bond acceptors (Lipinski definition) is 3. The molecule has 25 heavy (non-hydrogen) atoms. The van der Waals surface area contributed by atoms with E-state index < -0.39 is 5.97 Å². The molecule has 1 heterocycles. The summed E-state index contributed by atoms with van der Waals surface area (Å²) in [6.07, 6.45) is 1.07. The summed E-state index contributed by atoms with van der Waals surface area (Å²) in [6.45, 7) is 4.84. The van der Waals surface area contributed by atoms with Crippen LogP contribution in [0.15, 0.2) is 18.2 Å². The molecule has 1 aromatic carbocycles. The number of piperazine rings is 1. The van der Waals surface area contributed by atoms with Gasteiger partial charge in [0.05, 0.1) is 6.42 Å². The van der Waals surface area contributed by atoms with E-state index in [9.17, 15) is 9.59 Å². The second-order valence-corrected chi connectivity index (χ2v) is 7.94. The van der Waals surface area contributed by atoms with E-state index in [0.717, 1.165) is 24.5 Å². The second-order valence-electron chi connectivity index (χ2n) is 7.54. The summed E-state index contributed by atoms with van der Waals surface area (Å²) in [5.74, 6) is 0.394. The van der Waals surface area contributed by atoms with Gasteiger partial charge >= 0.3 is 5.97 Å². The van der Waals surface area contributed by atoms with E-state index in [1.807, 2.05) is 24.0 Å². The van der Waals surface area contributed by atoms with Crippen LogP contribution in [0.5, 0.6) is 0 Å². The summed E-state index contributed by atoms with van der Waals surface area (Å²) >= 11 is 6.27. The van der Waals surface area contributed by atoms with Crippen LogP contribution in [0.1, 0.15) is 30.4 Å². The zero-order chi connectivity index (χ0) is 17.7. The number of carbonyl (C=O) groups is 2. The summed E-state index contributed by atoms with van der Waals surface area (Å²) < 4.78 is 0. The highest BCUT2D eigenvalue weighted by Crippen LogP contribution is 2.62. The minimum absolute atomic E-state index is 0.0177. The summed E-state index contributed by atoms with van der Waals surface area (Å²) in [4.78, 5) is 27.9. The van der Waals surface area contributed by atoms with Gasteiger partial charge in [0.1, 0.15) is 0 Å². The number of benzene rings is 1. The smallest absolute Gasteiger partial charge is 0.304 e. The second kappa shape index (κ2) is 6.29. The van der Waals surface area contributed by atoms with Crippen molar-refractivity contribution in [2.45, 2.75) is 31.7 Å². The number of fused-ring (bicyclic) bond motifs is 3. The molecule has 1 saturated carbocycles. The lowest BCUT2D eigenvalue weighted by Gasteiger charge is -2.38. The third-order valence-electron chi connectivity index (χ3n) is 6.13. The zero-order valence-electron chi connectivity index (χ0n) is 14.3. The maximum Gasteiger partial charge on any atom is 0.304 e. The molecular formula is C19H23ClN2O3. The molecule has 1 amide bonds. The van der Waals surface area contributed by atoms with Crippen LogP contribution >= 0.6 is 11.6 Å². The van der Waals surface area contributed by atoms with Gasteiger partial charge in [-0.15, -0.1) is 0 Å². The Balaban J connectivity index is 1.35. The van der Waals surface area contributed by atoms with Crippen LogP contribution in [0, 0.1) is 11.8 Å². The van der Waals surface area contributed by atoms with Crippen LogP contribution in [0.3, 0.4) is 0 Å². The van der Waals surface area contributed by atoms with Crippen LogP contribution in [0.4, 0.5) is 0 Å². The van der Waals surface area contributed by atoms with Crippen LogP contribution < -0.4 is 0 Å². The number of carboxylic acid groups (broad SMARTS) is 1. The average molecular weight is 363 g/mol. The molecule has 134 valence electrons. The molecule has 0 spiro atoms. The summed E-state index contributed by atoms with van der Waals surface area (Å²) in [5.41, 5.74) is 2.50. The highest BCUT2D eigenvalue weighted by Gasteiger charge is 2.60. The number of nitrogens with zero attached hydrogens (tertiary/aromatic N) is 2. The minimum Gasteiger partial charge on any atom is -0.481 e. The van der Waals surface area contributed by atoms with E-state index in [1.165, 1.54) is 11.1 Å². The monoisotopic (exact) mass is 362 g/mol. The SMILES string of the molecule is CC(CC(=O)O)N1CCN(C(=O)C2C3Cc4c(Cl)cccc4C32)CC1. The number of aliphatic carboxylic acids is 1. The number of carboxylic acids is 1. The Kier molecular flexibility index (Phi) is 4.24. The van der Waals surface area contributed by atoms with Gasteiger partial charge in [0, 0.05) is 49.1 Å². The molecule has 3 aliphatic rings. The van der Waals surface area contributed by atoms with Crippen LogP contribution in [0.25, 0.3) is 0 Å². The molecule has 6 heteroatoms. The molecule has 0 aromatic heterocycles. The Bertz CT molecular complexity index is 715. The number of hydrogen-bond donors (Lipinski definition) is 1.